The van der Waals surface area contributed by atoms with Crippen LogP contribution in [-0.4, -0.2) is 58.1 Å². The normalized spacial score (nSPS) is 33.8. The Hall–Kier alpha value is -1.23. The standard InChI is InChI=1S/C18H23ClF3N3O3/c1-9(23)12-6-7-25(16(12)24)14-8-13(26)15(28-14)17(27,18(20,21)22)10-2-4-11(19)5-3-10/h2-5,12-16,23,26-27H,6-8,24H2,1H3/t12?,13-,14+,15?,16?,17+/m0/s1. The Bertz CT molecular complexity index is 733. The second-order valence-corrected chi connectivity index (χ2v) is 7.83. The lowest BCUT2D eigenvalue weighted by Gasteiger charge is -2.37. The number of alkyl halides is 3. The molecule has 6 nitrogen and oxygen atoms in total. The fourth-order valence-electron chi connectivity index (χ4n) is 4.08. The van der Waals surface area contributed by atoms with E-state index in [1.807, 2.05) is 0 Å². The van der Waals surface area contributed by atoms with E-state index < -0.39 is 41.9 Å². The van der Waals surface area contributed by atoms with Crippen LogP contribution in [0.25, 0.3) is 0 Å². The topological polar surface area (TPSA) is 103 Å². The Balaban J connectivity index is 1.89. The Morgan fingerprint density at radius 1 is 1.32 bits per heavy atom. The van der Waals surface area contributed by atoms with Crippen LogP contribution in [0.5, 0.6) is 0 Å². The van der Waals surface area contributed by atoms with Crippen molar-refractivity contribution >= 4 is 17.3 Å². The molecule has 0 radical (unpaired) electrons. The number of aliphatic hydroxyl groups excluding tert-OH is 1. The monoisotopic (exact) mass is 421 g/mol. The van der Waals surface area contributed by atoms with E-state index in [0.29, 0.717) is 18.7 Å². The minimum atomic E-state index is -5.09. The molecule has 2 fully saturated rings. The zero-order valence-corrected chi connectivity index (χ0v) is 15.9. The van der Waals surface area contributed by atoms with Gasteiger partial charge in [0, 0.05) is 29.6 Å². The van der Waals surface area contributed by atoms with E-state index >= 15 is 0 Å². The lowest BCUT2D eigenvalue weighted by molar-refractivity contribution is -0.312. The van der Waals surface area contributed by atoms with Crippen LogP contribution in [0.15, 0.2) is 24.3 Å². The lowest BCUT2D eigenvalue weighted by atomic mass is 9.84. The van der Waals surface area contributed by atoms with E-state index in [0.717, 1.165) is 12.1 Å². The van der Waals surface area contributed by atoms with Crippen LogP contribution in [0.2, 0.25) is 5.02 Å². The fourth-order valence-corrected chi connectivity index (χ4v) is 4.20. The first-order chi connectivity index (χ1) is 13.0. The van der Waals surface area contributed by atoms with Gasteiger partial charge >= 0.3 is 6.18 Å². The second kappa shape index (κ2) is 7.55. The summed E-state index contributed by atoms with van der Waals surface area (Å²) in [7, 11) is 0. The van der Waals surface area contributed by atoms with Crippen LogP contribution in [-0.2, 0) is 10.3 Å². The van der Waals surface area contributed by atoms with Gasteiger partial charge in [0.15, 0.2) is 0 Å². The molecular formula is C18H23ClF3N3O3. The van der Waals surface area contributed by atoms with Gasteiger partial charge in [0.2, 0.25) is 5.60 Å². The molecule has 0 amide bonds. The summed E-state index contributed by atoms with van der Waals surface area (Å²) >= 11 is 5.75. The molecule has 3 unspecified atom stereocenters. The van der Waals surface area contributed by atoms with Crippen molar-refractivity contribution in [3.63, 3.8) is 0 Å². The van der Waals surface area contributed by atoms with Crippen molar-refractivity contribution in [3.05, 3.63) is 34.9 Å². The highest BCUT2D eigenvalue weighted by molar-refractivity contribution is 6.30. The van der Waals surface area contributed by atoms with Crippen molar-refractivity contribution in [1.29, 1.82) is 5.41 Å². The highest BCUT2D eigenvalue weighted by atomic mass is 35.5. The van der Waals surface area contributed by atoms with Gasteiger partial charge in [-0.05, 0) is 31.0 Å². The molecule has 6 atom stereocenters. The number of ether oxygens (including phenoxy) is 1. The zero-order valence-electron chi connectivity index (χ0n) is 15.2. The zero-order chi connectivity index (χ0) is 20.9. The van der Waals surface area contributed by atoms with Gasteiger partial charge in [-0.15, -0.1) is 0 Å². The van der Waals surface area contributed by atoms with Gasteiger partial charge in [0.05, 0.1) is 12.3 Å². The van der Waals surface area contributed by atoms with Gasteiger partial charge in [-0.3, -0.25) is 4.90 Å². The highest BCUT2D eigenvalue weighted by Crippen LogP contribution is 2.47. The number of rotatable bonds is 4. The highest BCUT2D eigenvalue weighted by Gasteiger charge is 2.65. The van der Waals surface area contributed by atoms with E-state index in [9.17, 15) is 23.4 Å². The van der Waals surface area contributed by atoms with Gasteiger partial charge in [-0.25, -0.2) is 0 Å². The minimum Gasteiger partial charge on any atom is -0.390 e. The summed E-state index contributed by atoms with van der Waals surface area (Å²) in [6.45, 7) is 2.06. The molecule has 0 aliphatic carbocycles. The summed E-state index contributed by atoms with van der Waals surface area (Å²) in [5.41, 5.74) is 2.65. The maximum atomic E-state index is 13.9. The van der Waals surface area contributed by atoms with Crippen molar-refractivity contribution in [3.8, 4) is 0 Å². The quantitative estimate of drug-likeness (QED) is 0.558. The molecule has 2 saturated heterocycles. The molecule has 0 saturated carbocycles. The number of nitrogens with one attached hydrogen (secondary N) is 1. The first-order valence-corrected chi connectivity index (χ1v) is 9.29. The van der Waals surface area contributed by atoms with Crippen molar-refractivity contribution in [2.24, 2.45) is 11.7 Å². The third-order valence-corrected chi connectivity index (χ3v) is 5.90. The average Bonchev–Trinajstić information content (AvgIpc) is 3.16. The Kier molecular flexibility index (Phi) is 5.79. The molecule has 1 aromatic rings. The largest absolute Gasteiger partial charge is 0.424 e. The third kappa shape index (κ3) is 3.55. The number of nitrogens with zero attached hydrogens (tertiary/aromatic N) is 1. The predicted molar refractivity (Wildman–Crippen MR) is 96.9 cm³/mol. The van der Waals surface area contributed by atoms with Crippen LogP contribution in [0.4, 0.5) is 13.2 Å². The number of nitrogens with two attached hydrogens (primary N) is 1. The second-order valence-electron chi connectivity index (χ2n) is 7.39. The van der Waals surface area contributed by atoms with Crippen molar-refractivity contribution in [2.75, 3.05) is 6.54 Å². The molecule has 2 heterocycles. The lowest BCUT2D eigenvalue weighted by Crippen LogP contribution is -2.55. The van der Waals surface area contributed by atoms with Crippen molar-refractivity contribution in [2.45, 2.75) is 56.1 Å². The maximum absolute atomic E-state index is 13.9. The molecule has 28 heavy (non-hydrogen) atoms. The van der Waals surface area contributed by atoms with E-state index in [1.54, 1.807) is 11.8 Å². The number of halogens is 4. The van der Waals surface area contributed by atoms with Crippen LogP contribution in [0.1, 0.15) is 25.3 Å². The van der Waals surface area contributed by atoms with E-state index in [1.165, 1.54) is 12.1 Å². The van der Waals surface area contributed by atoms with Crippen LogP contribution < -0.4 is 5.73 Å². The number of aliphatic hydroxyl groups is 2. The molecule has 10 heteroatoms. The van der Waals surface area contributed by atoms with Gasteiger partial charge in [-0.2, -0.15) is 13.2 Å². The Morgan fingerprint density at radius 3 is 2.43 bits per heavy atom. The summed E-state index contributed by atoms with van der Waals surface area (Å²) in [4.78, 5) is 1.64. The SMILES string of the molecule is CC(=N)C1CCN([C@H]2C[C@H](O)C([C@](O)(c3ccc(Cl)cc3)C(F)(F)F)O2)C1N. The number of hydrogen-bond acceptors (Lipinski definition) is 6. The van der Waals surface area contributed by atoms with Gasteiger partial charge < -0.3 is 26.1 Å². The number of likely N-dealkylation sites (tertiary alicyclic amines) is 1. The van der Waals surface area contributed by atoms with Crippen molar-refractivity contribution in [1.82, 2.24) is 4.90 Å². The van der Waals surface area contributed by atoms with Crippen molar-refractivity contribution < 1.29 is 28.1 Å². The summed E-state index contributed by atoms with van der Waals surface area (Å²) < 4.78 is 47.3. The molecule has 1 aromatic carbocycles. The summed E-state index contributed by atoms with van der Waals surface area (Å²) in [6.07, 6.45) is -9.61. The fraction of sp³-hybridized carbons (Fsp3) is 0.611. The number of hydrogen-bond donors (Lipinski definition) is 4. The molecule has 0 bridgehead atoms. The Labute approximate surface area is 165 Å². The molecule has 2 aliphatic heterocycles. The van der Waals surface area contributed by atoms with E-state index in [-0.39, 0.29) is 17.4 Å². The molecule has 156 valence electrons. The van der Waals surface area contributed by atoms with E-state index in [2.05, 4.69) is 0 Å². The van der Waals surface area contributed by atoms with Gasteiger partial charge in [0.1, 0.15) is 12.3 Å². The summed E-state index contributed by atoms with van der Waals surface area (Å²) in [5, 5.41) is 29.1. The van der Waals surface area contributed by atoms with Gasteiger partial charge in [0.25, 0.3) is 0 Å². The first kappa shape index (κ1) is 21.5. The first-order valence-electron chi connectivity index (χ1n) is 8.92. The Morgan fingerprint density at radius 2 is 1.93 bits per heavy atom. The molecule has 3 rings (SSSR count). The van der Waals surface area contributed by atoms with Crippen LogP contribution in [0, 0.1) is 11.3 Å². The number of benzene rings is 1. The maximum Gasteiger partial charge on any atom is 0.424 e. The van der Waals surface area contributed by atoms with E-state index in [4.69, 9.17) is 27.5 Å². The third-order valence-electron chi connectivity index (χ3n) is 5.64. The average molecular weight is 422 g/mol. The predicted octanol–water partition coefficient (Wildman–Crippen LogP) is 2.21. The molecule has 2 aliphatic rings. The molecular weight excluding hydrogens is 399 g/mol. The molecule has 0 spiro atoms. The smallest absolute Gasteiger partial charge is 0.390 e. The van der Waals surface area contributed by atoms with Crippen LogP contribution >= 0.6 is 11.6 Å². The van der Waals surface area contributed by atoms with Crippen LogP contribution in [0.3, 0.4) is 0 Å². The summed E-state index contributed by atoms with van der Waals surface area (Å²) in [5.74, 6) is -0.224. The molecule has 0 aromatic heterocycles. The molecule has 5 N–H and O–H groups in total. The minimum absolute atomic E-state index is 0.131. The summed E-state index contributed by atoms with van der Waals surface area (Å²) in [6, 6.07) is 4.60. The van der Waals surface area contributed by atoms with Gasteiger partial charge in [-0.1, -0.05) is 23.7 Å².